The summed E-state index contributed by atoms with van der Waals surface area (Å²) in [6, 6.07) is 61.5. The van der Waals surface area contributed by atoms with Gasteiger partial charge in [-0.3, -0.25) is 26.9 Å². The highest BCUT2D eigenvalue weighted by molar-refractivity contribution is 6.13. The fraction of sp³-hybridized carbons (Fsp3) is 0. The molecule has 0 fully saturated rings. The molecule has 0 aliphatic heterocycles. The van der Waals surface area contributed by atoms with E-state index in [1.54, 1.807) is 0 Å². The van der Waals surface area contributed by atoms with Gasteiger partial charge in [0.05, 0.1) is 88.6 Å². The van der Waals surface area contributed by atoms with Crippen molar-refractivity contribution in [2.75, 3.05) is 0 Å². The molecule has 0 bridgehead atoms. The van der Waals surface area contributed by atoms with Crippen LogP contribution in [-0.4, -0.2) is 41.9 Å². The largest absolute Gasteiger partial charge is 0.454 e. The summed E-state index contributed by atoms with van der Waals surface area (Å²) in [6.45, 7) is 0. The first-order valence-electron chi connectivity index (χ1n) is 20.4. The second kappa shape index (κ2) is 11.1. The fourth-order valence-corrected chi connectivity index (χ4v) is 10.1. The molecular weight excluding hydrogens is 755 g/mol. The van der Waals surface area contributed by atoms with Gasteiger partial charge < -0.3 is 4.42 Å². The van der Waals surface area contributed by atoms with Gasteiger partial charge in [-0.2, -0.15) is 0 Å². The second-order valence-corrected chi connectivity index (χ2v) is 15.8. The minimum absolute atomic E-state index is 0.791. The van der Waals surface area contributed by atoms with Crippen LogP contribution in [0.3, 0.4) is 0 Å². The summed E-state index contributed by atoms with van der Waals surface area (Å²) in [4.78, 5) is 15.7. The zero-order valence-corrected chi connectivity index (χ0v) is 32.2. The highest BCUT2D eigenvalue weighted by atomic mass is 16.3. The molecule has 0 unspecified atom stereocenters. The van der Waals surface area contributed by atoms with E-state index in [9.17, 15) is 0 Å². The Labute approximate surface area is 343 Å². The third kappa shape index (κ3) is 3.89. The summed E-state index contributed by atoms with van der Waals surface area (Å²) in [5, 5.41) is 2.02. The number of nitrogens with zero attached hydrogens (tertiary/aromatic N) is 9. The Morgan fingerprint density at radius 3 is 1.43 bits per heavy atom. The molecule has 0 aliphatic rings. The van der Waals surface area contributed by atoms with Crippen LogP contribution < -0.4 is 0 Å². The summed E-state index contributed by atoms with van der Waals surface area (Å²) in [5.74, 6) is 2.53. The molecule has 0 atom stereocenters. The molecule has 0 saturated carbocycles. The number of para-hydroxylation sites is 11. The molecule has 10 nitrogen and oxygen atoms in total. The van der Waals surface area contributed by atoms with E-state index in [0.29, 0.717) is 0 Å². The van der Waals surface area contributed by atoms with Crippen LogP contribution in [0.1, 0.15) is 0 Å². The number of aromatic nitrogens is 9. The van der Waals surface area contributed by atoms with Crippen molar-refractivity contribution in [1.29, 1.82) is 0 Å². The van der Waals surface area contributed by atoms with Gasteiger partial charge >= 0.3 is 0 Å². The molecule has 10 heteroatoms. The third-order valence-electron chi connectivity index (χ3n) is 12.6. The van der Waals surface area contributed by atoms with Crippen LogP contribution in [-0.2, 0) is 0 Å². The van der Waals surface area contributed by atoms with E-state index in [4.69, 9.17) is 19.4 Å². The average Bonchev–Trinajstić information content (AvgIpc) is 4.16. The molecule has 15 rings (SSSR count). The van der Waals surface area contributed by atoms with Crippen molar-refractivity contribution in [2.45, 2.75) is 0 Å². The van der Waals surface area contributed by atoms with Crippen LogP contribution in [0.25, 0.3) is 123 Å². The fourth-order valence-electron chi connectivity index (χ4n) is 10.1. The van der Waals surface area contributed by atoms with E-state index in [1.165, 1.54) is 0 Å². The quantitative estimate of drug-likeness (QED) is 0.179. The molecule has 0 N–H and O–H groups in total. The number of hydrogen-bond donors (Lipinski definition) is 0. The predicted octanol–water partition coefficient (Wildman–Crippen LogP) is 11.8. The van der Waals surface area contributed by atoms with Crippen LogP contribution in [0.2, 0.25) is 0 Å². The number of furan rings is 1. The molecule has 7 aromatic heterocycles. The summed E-state index contributed by atoms with van der Waals surface area (Å²) in [5.41, 5.74) is 16.9. The third-order valence-corrected chi connectivity index (χ3v) is 12.6. The van der Waals surface area contributed by atoms with Crippen LogP contribution in [0.4, 0.5) is 0 Å². The van der Waals surface area contributed by atoms with E-state index in [0.717, 1.165) is 123 Å². The Balaban J connectivity index is 1.02. The number of benzene rings is 8. The van der Waals surface area contributed by atoms with Crippen molar-refractivity contribution < 1.29 is 4.42 Å². The van der Waals surface area contributed by atoms with Crippen LogP contribution in [0.15, 0.2) is 180 Å². The lowest BCUT2D eigenvalue weighted by Gasteiger charge is -2.09. The van der Waals surface area contributed by atoms with Crippen molar-refractivity contribution >= 4 is 105 Å². The first-order valence-corrected chi connectivity index (χ1v) is 20.4. The maximum Gasteiger partial charge on any atom is 0.220 e. The van der Waals surface area contributed by atoms with Crippen molar-refractivity contribution in [2.24, 2.45) is 0 Å². The SMILES string of the molecule is c1ccc2c(c1)nc1n(-c3ccc4c(c3)n3c5ccccc5nc3n4-c3cccc4oc5c(-n6c7ccccc7n7c8ccccc8nc67)cccc5c34)c3ccccc3n21. The highest BCUT2D eigenvalue weighted by Crippen LogP contribution is 2.41. The van der Waals surface area contributed by atoms with Gasteiger partial charge in [0.1, 0.15) is 5.58 Å². The lowest BCUT2D eigenvalue weighted by Crippen LogP contribution is -1.98. The molecule has 0 saturated heterocycles. The van der Waals surface area contributed by atoms with E-state index in [2.05, 4.69) is 191 Å². The number of fused-ring (bicyclic) bond motifs is 18. The Bertz CT molecular complexity index is 4370. The zero-order chi connectivity index (χ0) is 39.5. The lowest BCUT2D eigenvalue weighted by atomic mass is 10.1. The van der Waals surface area contributed by atoms with Gasteiger partial charge in [0.2, 0.25) is 17.3 Å². The summed E-state index contributed by atoms with van der Waals surface area (Å²) < 4.78 is 20.6. The molecule has 0 amide bonds. The number of imidazole rings is 6. The maximum absolute atomic E-state index is 6.96. The van der Waals surface area contributed by atoms with Gasteiger partial charge in [0.25, 0.3) is 0 Å². The first-order chi connectivity index (χ1) is 30.3. The van der Waals surface area contributed by atoms with Crippen molar-refractivity contribution in [3.63, 3.8) is 0 Å². The van der Waals surface area contributed by atoms with Crippen molar-refractivity contribution in [1.82, 2.24) is 41.9 Å². The molecule has 0 aliphatic carbocycles. The standard InChI is InChI=1S/C51H29N9O/c1-4-17-35-32(14-1)52-49-55(38-20-7-8-21-39(38)56(35)49)30-27-28-42-45(29-30)58-37-19-6-3-16-34(37)54-51(58)59(42)43-24-12-26-46-47(43)31-13-11-25-44(48(31)61-46)60-41-23-10-9-22-40(41)57-36-18-5-2-15-33(36)53-50(57)60/h1-29H. The number of rotatable bonds is 3. The van der Waals surface area contributed by atoms with E-state index < -0.39 is 0 Å². The molecule has 61 heavy (non-hydrogen) atoms. The molecule has 7 heterocycles. The predicted molar refractivity (Wildman–Crippen MR) is 243 cm³/mol. The highest BCUT2D eigenvalue weighted by Gasteiger charge is 2.25. The molecular formula is C51H29N9O. The van der Waals surface area contributed by atoms with E-state index in [-0.39, 0.29) is 0 Å². The van der Waals surface area contributed by atoms with Crippen LogP contribution in [0, 0.1) is 0 Å². The Kier molecular flexibility index (Phi) is 5.71. The maximum atomic E-state index is 6.96. The topological polar surface area (TPSA) is 79.8 Å². The monoisotopic (exact) mass is 783 g/mol. The normalized spacial score (nSPS) is 12.6. The first kappa shape index (κ1) is 31.4. The summed E-state index contributed by atoms with van der Waals surface area (Å²) >= 11 is 0. The van der Waals surface area contributed by atoms with E-state index >= 15 is 0 Å². The molecule has 0 radical (unpaired) electrons. The Hall–Kier alpha value is -8.63. The Morgan fingerprint density at radius 1 is 0.344 bits per heavy atom. The minimum Gasteiger partial charge on any atom is -0.454 e. The van der Waals surface area contributed by atoms with E-state index in [1.807, 2.05) is 12.1 Å². The van der Waals surface area contributed by atoms with Crippen molar-refractivity contribution in [3.8, 4) is 17.1 Å². The average molecular weight is 784 g/mol. The van der Waals surface area contributed by atoms with Gasteiger partial charge in [-0.05, 0) is 97.1 Å². The van der Waals surface area contributed by atoms with Crippen molar-refractivity contribution in [3.05, 3.63) is 176 Å². The smallest absolute Gasteiger partial charge is 0.220 e. The lowest BCUT2D eigenvalue weighted by molar-refractivity contribution is 0.666. The molecule has 15 aromatic rings. The van der Waals surface area contributed by atoms with Gasteiger partial charge in [-0.15, -0.1) is 0 Å². The summed E-state index contributed by atoms with van der Waals surface area (Å²) in [7, 11) is 0. The van der Waals surface area contributed by atoms with Gasteiger partial charge in [0, 0.05) is 5.39 Å². The Morgan fingerprint density at radius 2 is 0.803 bits per heavy atom. The number of hydrogen-bond acceptors (Lipinski definition) is 4. The summed E-state index contributed by atoms with van der Waals surface area (Å²) in [6.07, 6.45) is 0. The second-order valence-electron chi connectivity index (χ2n) is 15.8. The van der Waals surface area contributed by atoms with Crippen LogP contribution in [0.5, 0.6) is 0 Å². The van der Waals surface area contributed by atoms with Gasteiger partial charge in [-0.25, -0.2) is 15.0 Å². The minimum atomic E-state index is 0.791. The van der Waals surface area contributed by atoms with Gasteiger partial charge in [-0.1, -0.05) is 78.9 Å². The van der Waals surface area contributed by atoms with Crippen LogP contribution >= 0.6 is 0 Å². The van der Waals surface area contributed by atoms with Gasteiger partial charge in [0.15, 0.2) is 5.58 Å². The molecule has 0 spiro atoms. The zero-order valence-electron chi connectivity index (χ0n) is 32.2. The molecule has 284 valence electrons. The molecule has 8 aromatic carbocycles.